The van der Waals surface area contributed by atoms with Gasteiger partial charge in [-0.2, -0.15) is 0 Å². The lowest BCUT2D eigenvalue weighted by molar-refractivity contribution is -0.140. The molecule has 1 aliphatic rings. The summed E-state index contributed by atoms with van der Waals surface area (Å²) in [6, 6.07) is -1.95. The van der Waals surface area contributed by atoms with Crippen LogP contribution in [0.25, 0.3) is 0 Å². The number of amides is 3. The first-order valence-corrected chi connectivity index (χ1v) is 5.14. The summed E-state index contributed by atoms with van der Waals surface area (Å²) in [5.41, 5.74) is 4.88. The molecule has 3 amide bonds. The number of nitrogens with two attached hydrogens (primary N) is 1. The fourth-order valence-corrected chi connectivity index (χ4v) is 1.57. The first kappa shape index (κ1) is 13.2. The van der Waals surface area contributed by atoms with E-state index in [1.165, 1.54) is 4.90 Å². The number of primary amides is 1. The number of nitrogens with one attached hydrogen (secondary N) is 1. The highest BCUT2D eigenvalue weighted by molar-refractivity contribution is 5.87. The second-order valence-electron chi connectivity index (χ2n) is 3.90. The van der Waals surface area contributed by atoms with Crippen LogP contribution in [-0.4, -0.2) is 58.3 Å². The molecule has 0 radical (unpaired) electrons. The largest absolute Gasteiger partial charge is 0.480 e. The Morgan fingerprint density at radius 2 is 2.12 bits per heavy atom. The van der Waals surface area contributed by atoms with Gasteiger partial charge >= 0.3 is 12.0 Å². The minimum absolute atomic E-state index is 0.161. The average Bonchev–Trinajstić information content (AvgIpc) is 2.63. The van der Waals surface area contributed by atoms with Crippen LogP contribution < -0.4 is 11.1 Å². The number of nitrogens with zero attached hydrogens (tertiary/aromatic N) is 1. The van der Waals surface area contributed by atoms with Crippen molar-refractivity contribution in [1.82, 2.24) is 10.2 Å². The fourth-order valence-electron chi connectivity index (χ4n) is 1.57. The Labute approximate surface area is 97.4 Å². The highest BCUT2D eigenvalue weighted by Gasteiger charge is 2.28. The summed E-state index contributed by atoms with van der Waals surface area (Å²) in [6.45, 7) is 0.519. The van der Waals surface area contributed by atoms with Gasteiger partial charge in [0.25, 0.3) is 0 Å². The lowest BCUT2D eigenvalue weighted by atomic mass is 10.2. The molecule has 0 bridgehead atoms. The van der Waals surface area contributed by atoms with Gasteiger partial charge < -0.3 is 26.2 Å². The van der Waals surface area contributed by atoms with E-state index in [-0.39, 0.29) is 6.54 Å². The van der Waals surface area contributed by atoms with Crippen molar-refractivity contribution in [2.24, 2.45) is 5.73 Å². The molecule has 0 aromatic heterocycles. The van der Waals surface area contributed by atoms with Crippen LogP contribution >= 0.6 is 0 Å². The van der Waals surface area contributed by atoms with Crippen LogP contribution in [-0.2, 0) is 9.59 Å². The summed E-state index contributed by atoms with van der Waals surface area (Å²) in [5, 5.41) is 20.2. The third-order valence-electron chi connectivity index (χ3n) is 2.45. The molecule has 1 saturated heterocycles. The summed E-state index contributed by atoms with van der Waals surface area (Å²) < 4.78 is 0. The van der Waals surface area contributed by atoms with Crippen LogP contribution in [0, 0.1) is 0 Å². The Hall–Kier alpha value is -1.83. The number of hydrogen-bond acceptors (Lipinski definition) is 4. The second kappa shape index (κ2) is 5.48. The first-order chi connectivity index (χ1) is 7.90. The molecule has 0 aromatic carbocycles. The molecule has 0 aliphatic carbocycles. The number of aliphatic hydroxyl groups excluding tert-OH is 1. The van der Waals surface area contributed by atoms with Gasteiger partial charge in [-0.25, -0.2) is 9.59 Å². The third-order valence-corrected chi connectivity index (χ3v) is 2.45. The van der Waals surface area contributed by atoms with Gasteiger partial charge in [-0.3, -0.25) is 4.79 Å². The Balaban J connectivity index is 2.52. The minimum atomic E-state index is -1.34. The number of aliphatic carboxylic acids is 1. The topological polar surface area (TPSA) is 133 Å². The van der Waals surface area contributed by atoms with Crippen LogP contribution in [0.5, 0.6) is 0 Å². The number of urea groups is 1. The molecule has 1 heterocycles. The Morgan fingerprint density at radius 3 is 2.53 bits per heavy atom. The minimum Gasteiger partial charge on any atom is -0.480 e. The molecule has 96 valence electrons. The van der Waals surface area contributed by atoms with E-state index >= 15 is 0 Å². The van der Waals surface area contributed by atoms with Crippen LogP contribution in [0.3, 0.4) is 0 Å². The summed E-state index contributed by atoms with van der Waals surface area (Å²) in [4.78, 5) is 34.3. The van der Waals surface area contributed by atoms with E-state index in [0.29, 0.717) is 13.0 Å². The van der Waals surface area contributed by atoms with Gasteiger partial charge in [0.2, 0.25) is 5.91 Å². The zero-order valence-corrected chi connectivity index (χ0v) is 9.13. The van der Waals surface area contributed by atoms with Gasteiger partial charge in [-0.05, 0) is 6.42 Å². The van der Waals surface area contributed by atoms with Crippen molar-refractivity contribution >= 4 is 17.9 Å². The molecule has 1 unspecified atom stereocenters. The normalized spacial score (nSPS) is 21.0. The van der Waals surface area contributed by atoms with E-state index in [4.69, 9.17) is 10.8 Å². The van der Waals surface area contributed by atoms with E-state index in [9.17, 15) is 19.5 Å². The number of carboxylic acid groups (broad SMARTS) is 1. The number of aliphatic hydroxyl groups is 1. The zero-order chi connectivity index (χ0) is 13.0. The number of likely N-dealkylation sites (tertiary alicyclic amines) is 1. The zero-order valence-electron chi connectivity index (χ0n) is 9.13. The maximum atomic E-state index is 11.6. The number of β-amino-alcohol motifs (C(OH)–C–C–N with tert-alkyl or cyclic N) is 1. The first-order valence-electron chi connectivity index (χ1n) is 5.14. The van der Waals surface area contributed by atoms with E-state index in [1.54, 1.807) is 0 Å². The van der Waals surface area contributed by atoms with Crippen LogP contribution in [0.2, 0.25) is 0 Å². The van der Waals surface area contributed by atoms with E-state index in [0.717, 1.165) is 0 Å². The van der Waals surface area contributed by atoms with Gasteiger partial charge in [-0.1, -0.05) is 0 Å². The molecule has 8 heteroatoms. The van der Waals surface area contributed by atoms with Crippen molar-refractivity contribution in [2.45, 2.75) is 25.0 Å². The van der Waals surface area contributed by atoms with E-state index in [1.807, 2.05) is 0 Å². The van der Waals surface area contributed by atoms with Crippen molar-refractivity contribution in [2.75, 3.05) is 13.1 Å². The molecular weight excluding hydrogens is 230 g/mol. The van der Waals surface area contributed by atoms with Gasteiger partial charge in [0.15, 0.2) is 0 Å². The lowest BCUT2D eigenvalue weighted by Crippen LogP contribution is -2.48. The highest BCUT2D eigenvalue weighted by Crippen LogP contribution is 2.09. The molecule has 0 aromatic rings. The van der Waals surface area contributed by atoms with Gasteiger partial charge in [0, 0.05) is 13.1 Å². The van der Waals surface area contributed by atoms with Gasteiger partial charge in [-0.15, -0.1) is 0 Å². The van der Waals surface area contributed by atoms with Crippen LogP contribution in [0.15, 0.2) is 0 Å². The van der Waals surface area contributed by atoms with Crippen molar-refractivity contribution in [3.8, 4) is 0 Å². The molecule has 17 heavy (non-hydrogen) atoms. The Bertz CT molecular complexity index is 333. The third kappa shape index (κ3) is 3.91. The second-order valence-corrected chi connectivity index (χ2v) is 3.90. The van der Waals surface area contributed by atoms with Crippen molar-refractivity contribution in [3.05, 3.63) is 0 Å². The summed E-state index contributed by atoms with van der Waals surface area (Å²) >= 11 is 0. The summed E-state index contributed by atoms with van der Waals surface area (Å²) in [5.74, 6) is -2.13. The van der Waals surface area contributed by atoms with Crippen LogP contribution in [0.1, 0.15) is 12.8 Å². The van der Waals surface area contributed by atoms with Gasteiger partial charge in [0.05, 0.1) is 12.5 Å². The standard InChI is InChI=1S/C9H15N3O5/c10-7(14)3-6(8(15)16)11-9(17)12-2-1-5(13)4-12/h5-6,13H,1-4H2,(H2,10,14)(H,11,17)(H,15,16)/t5?,6-/m1/s1. The fraction of sp³-hybridized carbons (Fsp3) is 0.667. The Kier molecular flexibility index (Phi) is 4.27. The molecule has 5 N–H and O–H groups in total. The molecule has 2 atom stereocenters. The summed E-state index contributed by atoms with van der Waals surface area (Å²) in [6.07, 6.45) is -0.585. The maximum Gasteiger partial charge on any atom is 0.326 e. The molecule has 0 spiro atoms. The number of hydrogen-bond donors (Lipinski definition) is 4. The molecule has 1 fully saturated rings. The Morgan fingerprint density at radius 1 is 1.47 bits per heavy atom. The smallest absolute Gasteiger partial charge is 0.326 e. The van der Waals surface area contributed by atoms with E-state index in [2.05, 4.69) is 5.32 Å². The monoisotopic (exact) mass is 245 g/mol. The average molecular weight is 245 g/mol. The molecule has 0 saturated carbocycles. The van der Waals surface area contributed by atoms with Crippen LogP contribution in [0.4, 0.5) is 4.79 Å². The maximum absolute atomic E-state index is 11.6. The van der Waals surface area contributed by atoms with E-state index < -0.39 is 36.5 Å². The molecule has 1 rings (SSSR count). The highest BCUT2D eigenvalue weighted by atomic mass is 16.4. The number of carbonyl (C=O) groups excluding carboxylic acids is 2. The van der Waals surface area contributed by atoms with Gasteiger partial charge in [0.1, 0.15) is 6.04 Å². The number of carbonyl (C=O) groups is 3. The molecular formula is C9H15N3O5. The molecule has 1 aliphatic heterocycles. The van der Waals surface area contributed by atoms with Crippen molar-refractivity contribution < 1.29 is 24.6 Å². The predicted molar refractivity (Wildman–Crippen MR) is 56.0 cm³/mol. The predicted octanol–water partition coefficient (Wildman–Crippen LogP) is -1.91. The van der Waals surface area contributed by atoms with Crippen molar-refractivity contribution in [3.63, 3.8) is 0 Å². The SMILES string of the molecule is NC(=O)C[C@@H](NC(=O)N1CCC(O)C1)C(=O)O. The quantitative estimate of drug-likeness (QED) is 0.458. The lowest BCUT2D eigenvalue weighted by Gasteiger charge is -2.19. The number of rotatable bonds is 4. The van der Waals surface area contributed by atoms with Crippen molar-refractivity contribution in [1.29, 1.82) is 0 Å². The summed E-state index contributed by atoms with van der Waals surface area (Å²) in [7, 11) is 0. The molecule has 8 nitrogen and oxygen atoms in total. The number of carboxylic acids is 1.